The van der Waals surface area contributed by atoms with Crippen LogP contribution < -0.4 is 5.32 Å². The van der Waals surface area contributed by atoms with Crippen LogP contribution in [0.5, 0.6) is 0 Å². The van der Waals surface area contributed by atoms with Crippen molar-refractivity contribution >= 4 is 11.9 Å². The van der Waals surface area contributed by atoms with Crippen molar-refractivity contribution in [2.75, 3.05) is 39.4 Å². The summed E-state index contributed by atoms with van der Waals surface area (Å²) in [4.78, 5) is 26.1. The normalized spacial score (nSPS) is 26.0. The van der Waals surface area contributed by atoms with Gasteiger partial charge in [0.1, 0.15) is 0 Å². The second-order valence-corrected chi connectivity index (χ2v) is 10.2. The highest BCUT2D eigenvalue weighted by molar-refractivity contribution is 5.79. The first-order valence-corrected chi connectivity index (χ1v) is 13.4. The van der Waals surface area contributed by atoms with Crippen molar-refractivity contribution in [2.45, 2.75) is 96.5 Å². The lowest BCUT2D eigenvalue weighted by Crippen LogP contribution is -2.42. The lowest BCUT2D eigenvalue weighted by atomic mass is 9.77. The maximum atomic E-state index is 12.3. The third kappa shape index (κ3) is 9.01. The van der Waals surface area contributed by atoms with E-state index in [9.17, 15) is 9.59 Å². The maximum absolute atomic E-state index is 12.3. The Labute approximate surface area is 195 Å². The summed E-state index contributed by atoms with van der Waals surface area (Å²) in [6, 6.07) is 0. The summed E-state index contributed by atoms with van der Waals surface area (Å²) in [7, 11) is 0. The fourth-order valence-electron chi connectivity index (χ4n) is 5.86. The average molecular weight is 451 g/mol. The molecule has 0 atom stereocenters. The molecule has 0 aromatic heterocycles. The molecule has 0 aromatic carbocycles. The Morgan fingerprint density at radius 1 is 0.906 bits per heavy atom. The smallest absolute Gasteiger partial charge is 0.307 e. The molecule has 1 aliphatic heterocycles. The fourth-order valence-corrected chi connectivity index (χ4v) is 5.86. The first-order chi connectivity index (χ1) is 15.6. The Morgan fingerprint density at radius 3 is 2.28 bits per heavy atom. The largest absolute Gasteiger partial charge is 0.466 e. The number of nitrogens with one attached hydrogen (secondary N) is 1. The van der Waals surface area contributed by atoms with E-state index in [1.165, 1.54) is 64.2 Å². The van der Waals surface area contributed by atoms with Gasteiger partial charge in [0, 0.05) is 19.0 Å². The van der Waals surface area contributed by atoms with Gasteiger partial charge >= 0.3 is 5.97 Å². The summed E-state index contributed by atoms with van der Waals surface area (Å²) in [5.74, 6) is 1.85. The zero-order valence-electron chi connectivity index (χ0n) is 20.3. The Balaban J connectivity index is 1.20. The topological polar surface area (TPSA) is 67.9 Å². The number of carbonyl (C=O) groups excluding carboxylic acids is 2. The highest BCUT2D eigenvalue weighted by atomic mass is 16.5. The molecule has 6 heteroatoms. The molecular weight excluding hydrogens is 404 g/mol. The third-order valence-electron chi connectivity index (χ3n) is 7.84. The Kier molecular flexibility index (Phi) is 11.3. The monoisotopic (exact) mass is 450 g/mol. The molecule has 3 fully saturated rings. The second kappa shape index (κ2) is 14.2. The van der Waals surface area contributed by atoms with Gasteiger partial charge in [0.25, 0.3) is 0 Å². The molecule has 2 aliphatic carbocycles. The molecule has 0 radical (unpaired) electrons. The number of hydrogen-bond acceptors (Lipinski definition) is 5. The van der Waals surface area contributed by atoms with E-state index in [1.54, 1.807) is 6.92 Å². The van der Waals surface area contributed by atoms with Crippen molar-refractivity contribution in [1.82, 2.24) is 10.2 Å². The second-order valence-electron chi connectivity index (χ2n) is 10.2. The van der Waals surface area contributed by atoms with Crippen LogP contribution in [0.25, 0.3) is 0 Å². The van der Waals surface area contributed by atoms with Gasteiger partial charge in [0.2, 0.25) is 5.91 Å². The molecule has 1 N–H and O–H groups in total. The van der Waals surface area contributed by atoms with Crippen molar-refractivity contribution in [3.63, 3.8) is 0 Å². The lowest BCUT2D eigenvalue weighted by Gasteiger charge is -2.34. The molecule has 184 valence electrons. The summed E-state index contributed by atoms with van der Waals surface area (Å²) in [5, 5.41) is 2.89. The molecule has 1 heterocycles. The summed E-state index contributed by atoms with van der Waals surface area (Å²) in [6.07, 6.45) is 16.5. The van der Waals surface area contributed by atoms with Crippen molar-refractivity contribution in [1.29, 1.82) is 0 Å². The number of amides is 1. The van der Waals surface area contributed by atoms with E-state index in [0.29, 0.717) is 19.3 Å². The highest BCUT2D eigenvalue weighted by Crippen LogP contribution is 2.35. The van der Waals surface area contributed by atoms with Gasteiger partial charge in [0.15, 0.2) is 0 Å². The van der Waals surface area contributed by atoms with Crippen LogP contribution in [-0.2, 0) is 19.1 Å². The Morgan fingerprint density at radius 2 is 1.59 bits per heavy atom. The number of hydrogen-bond donors (Lipinski definition) is 1. The fraction of sp³-hybridized carbons (Fsp3) is 0.923. The van der Waals surface area contributed by atoms with E-state index >= 15 is 0 Å². The average Bonchev–Trinajstić information content (AvgIpc) is 2.81. The number of esters is 1. The number of rotatable bonds is 11. The predicted molar refractivity (Wildman–Crippen MR) is 126 cm³/mol. The van der Waals surface area contributed by atoms with E-state index < -0.39 is 0 Å². The van der Waals surface area contributed by atoms with E-state index in [1.807, 2.05) is 0 Å². The van der Waals surface area contributed by atoms with Gasteiger partial charge in [-0.3, -0.25) is 9.59 Å². The van der Waals surface area contributed by atoms with Crippen LogP contribution in [0.4, 0.5) is 0 Å². The number of piperidine rings is 1. The van der Waals surface area contributed by atoms with Crippen LogP contribution in [0.1, 0.15) is 90.4 Å². The molecule has 1 saturated heterocycles. The third-order valence-corrected chi connectivity index (χ3v) is 7.84. The molecule has 3 rings (SSSR count). The van der Waals surface area contributed by atoms with Gasteiger partial charge in [-0.25, -0.2) is 0 Å². The maximum Gasteiger partial charge on any atom is 0.307 e. The minimum atomic E-state index is -0.250. The molecule has 0 spiro atoms. The molecule has 0 aromatic rings. The molecule has 1 amide bonds. The number of ether oxygens (including phenoxy) is 2. The first kappa shape index (κ1) is 25.5. The minimum absolute atomic E-state index is 0.0637. The van der Waals surface area contributed by atoms with Crippen molar-refractivity contribution in [3.05, 3.63) is 0 Å². The minimum Gasteiger partial charge on any atom is -0.466 e. The molecular formula is C26H46N2O4. The van der Waals surface area contributed by atoms with Gasteiger partial charge in [0.05, 0.1) is 25.7 Å². The summed E-state index contributed by atoms with van der Waals surface area (Å²) >= 11 is 0. The van der Waals surface area contributed by atoms with Crippen LogP contribution in [0.15, 0.2) is 0 Å². The first-order valence-electron chi connectivity index (χ1n) is 13.4. The molecule has 0 unspecified atom stereocenters. The zero-order valence-corrected chi connectivity index (χ0v) is 20.3. The number of carbonyl (C=O) groups is 2. The Bertz CT molecular complexity index is 548. The molecule has 6 nitrogen and oxygen atoms in total. The zero-order chi connectivity index (χ0) is 22.6. The number of nitrogens with zero attached hydrogens (tertiary/aromatic N) is 1. The van der Waals surface area contributed by atoms with Crippen molar-refractivity contribution < 1.29 is 19.1 Å². The molecule has 32 heavy (non-hydrogen) atoms. The lowest BCUT2D eigenvalue weighted by molar-refractivity contribution is -0.143. The summed E-state index contributed by atoms with van der Waals surface area (Å²) < 4.78 is 11.1. The number of likely N-dealkylation sites (tertiary alicyclic amines) is 1. The molecule has 2 saturated carbocycles. The standard InChI is InChI=1S/C26H46N2O4/c1-2-31-25(29)12-15-27-26(30)23-13-16-28(17-14-23)18-19-32-24-10-8-22(9-11-24)20-21-6-4-3-5-7-21/h21-24H,2-20H2,1H3,(H,27,30). The summed E-state index contributed by atoms with van der Waals surface area (Å²) in [6.45, 7) is 6.23. The van der Waals surface area contributed by atoms with Gasteiger partial charge in [-0.15, -0.1) is 0 Å². The van der Waals surface area contributed by atoms with Gasteiger partial charge in [-0.2, -0.15) is 0 Å². The van der Waals surface area contributed by atoms with E-state index in [-0.39, 0.29) is 24.2 Å². The van der Waals surface area contributed by atoms with Gasteiger partial charge in [-0.05, 0) is 76.8 Å². The van der Waals surface area contributed by atoms with E-state index in [4.69, 9.17) is 9.47 Å². The van der Waals surface area contributed by atoms with Gasteiger partial charge < -0.3 is 19.7 Å². The predicted octanol–water partition coefficient (Wildman–Crippen LogP) is 4.31. The van der Waals surface area contributed by atoms with E-state index in [2.05, 4.69) is 10.2 Å². The van der Waals surface area contributed by atoms with Crippen LogP contribution in [0, 0.1) is 17.8 Å². The van der Waals surface area contributed by atoms with Crippen LogP contribution in [-0.4, -0.2) is 62.3 Å². The molecule has 0 bridgehead atoms. The van der Waals surface area contributed by atoms with Crippen molar-refractivity contribution in [3.8, 4) is 0 Å². The quantitative estimate of drug-likeness (QED) is 0.475. The van der Waals surface area contributed by atoms with Crippen molar-refractivity contribution in [2.24, 2.45) is 17.8 Å². The summed E-state index contributed by atoms with van der Waals surface area (Å²) in [5.41, 5.74) is 0. The molecule has 3 aliphatic rings. The Hall–Kier alpha value is -1.14. The highest BCUT2D eigenvalue weighted by Gasteiger charge is 2.27. The SMILES string of the molecule is CCOC(=O)CCNC(=O)C1CCN(CCOC2CCC(CC3CCCCC3)CC2)CC1. The van der Waals surface area contributed by atoms with Crippen LogP contribution >= 0.6 is 0 Å². The van der Waals surface area contributed by atoms with Gasteiger partial charge in [-0.1, -0.05) is 32.1 Å². The van der Waals surface area contributed by atoms with E-state index in [0.717, 1.165) is 50.9 Å². The van der Waals surface area contributed by atoms with Crippen LogP contribution in [0.3, 0.4) is 0 Å². The van der Waals surface area contributed by atoms with Crippen LogP contribution in [0.2, 0.25) is 0 Å².